The van der Waals surface area contributed by atoms with Crippen LogP contribution in [0.5, 0.6) is 0 Å². The van der Waals surface area contributed by atoms with Gasteiger partial charge in [0.2, 0.25) is 0 Å². The van der Waals surface area contributed by atoms with Gasteiger partial charge in [-0.3, -0.25) is 0 Å². The summed E-state index contributed by atoms with van der Waals surface area (Å²) in [4.78, 5) is 2.57. The molecule has 0 radical (unpaired) electrons. The highest BCUT2D eigenvalue weighted by Crippen LogP contribution is 2.13. The maximum atomic E-state index is 5.30. The van der Waals surface area contributed by atoms with E-state index in [1.807, 2.05) is 0 Å². The number of rotatable bonds is 9. The van der Waals surface area contributed by atoms with Crippen molar-refractivity contribution in [1.29, 1.82) is 0 Å². The van der Waals surface area contributed by atoms with Gasteiger partial charge in [-0.15, -0.1) is 0 Å². The predicted molar refractivity (Wildman–Crippen MR) is 68.8 cm³/mol. The van der Waals surface area contributed by atoms with E-state index in [-0.39, 0.29) is 0 Å². The first-order chi connectivity index (χ1) is 7.83. The molecule has 0 aliphatic carbocycles. The normalized spacial score (nSPS) is 21.8. The Morgan fingerprint density at radius 1 is 1.31 bits per heavy atom. The predicted octanol–water partition coefficient (Wildman–Crippen LogP) is 1.73. The van der Waals surface area contributed by atoms with Crippen molar-refractivity contribution in [2.45, 2.75) is 33.1 Å². The highest BCUT2D eigenvalue weighted by atomic mass is 16.5. The second kappa shape index (κ2) is 8.97. The van der Waals surface area contributed by atoms with E-state index in [1.54, 1.807) is 0 Å². The lowest BCUT2D eigenvalue weighted by Crippen LogP contribution is -2.31. The van der Waals surface area contributed by atoms with Crippen molar-refractivity contribution >= 4 is 0 Å². The van der Waals surface area contributed by atoms with Crippen LogP contribution in [0.4, 0.5) is 0 Å². The van der Waals surface area contributed by atoms with Crippen molar-refractivity contribution in [3.05, 3.63) is 0 Å². The Morgan fingerprint density at radius 3 is 2.88 bits per heavy atom. The largest absolute Gasteiger partial charge is 0.382 e. The highest BCUT2D eigenvalue weighted by molar-refractivity contribution is 4.72. The molecular formula is C13H28N2O. The summed E-state index contributed by atoms with van der Waals surface area (Å²) < 4.78 is 5.30. The summed E-state index contributed by atoms with van der Waals surface area (Å²) in [5.41, 5.74) is 0. The molecule has 1 fully saturated rings. The first-order valence-electron chi connectivity index (χ1n) is 6.83. The first-order valence-corrected chi connectivity index (χ1v) is 6.83. The molecule has 0 aromatic heterocycles. The fraction of sp³-hybridized carbons (Fsp3) is 1.00. The van der Waals surface area contributed by atoms with Crippen LogP contribution in [0.2, 0.25) is 0 Å². The van der Waals surface area contributed by atoms with E-state index in [1.165, 1.54) is 38.9 Å². The lowest BCUT2D eigenvalue weighted by Gasteiger charge is -2.15. The minimum atomic E-state index is 0.848. The fourth-order valence-electron chi connectivity index (χ4n) is 2.19. The van der Waals surface area contributed by atoms with Crippen molar-refractivity contribution in [3.8, 4) is 0 Å². The molecule has 0 amide bonds. The molecule has 0 spiro atoms. The number of likely N-dealkylation sites (tertiary alicyclic amines) is 1. The minimum Gasteiger partial charge on any atom is -0.382 e. The van der Waals surface area contributed by atoms with Crippen molar-refractivity contribution in [1.82, 2.24) is 10.2 Å². The minimum absolute atomic E-state index is 0.848. The number of hydrogen-bond acceptors (Lipinski definition) is 3. The second-order valence-corrected chi connectivity index (χ2v) is 4.85. The Labute approximate surface area is 101 Å². The Bertz CT molecular complexity index is 164. The van der Waals surface area contributed by atoms with Gasteiger partial charge in [0.25, 0.3) is 0 Å². The molecule has 96 valence electrons. The smallest absolute Gasteiger partial charge is 0.0466 e. The van der Waals surface area contributed by atoms with Gasteiger partial charge in [-0.2, -0.15) is 0 Å². The molecular weight excluding hydrogens is 200 g/mol. The summed E-state index contributed by atoms with van der Waals surface area (Å²) >= 11 is 0. The zero-order valence-corrected chi connectivity index (χ0v) is 11.0. The third kappa shape index (κ3) is 6.46. The van der Waals surface area contributed by atoms with Crippen LogP contribution in [-0.4, -0.2) is 50.8 Å². The molecule has 0 aromatic rings. The van der Waals surface area contributed by atoms with Crippen molar-refractivity contribution in [2.24, 2.45) is 5.92 Å². The van der Waals surface area contributed by atoms with E-state index < -0.39 is 0 Å². The molecule has 1 N–H and O–H groups in total. The van der Waals surface area contributed by atoms with Gasteiger partial charge in [-0.05, 0) is 45.2 Å². The molecule has 3 heteroatoms. The molecule has 1 atom stereocenters. The lowest BCUT2D eigenvalue weighted by molar-refractivity contribution is 0.143. The Morgan fingerprint density at radius 2 is 2.19 bits per heavy atom. The quantitative estimate of drug-likeness (QED) is 0.608. The molecule has 1 aliphatic heterocycles. The van der Waals surface area contributed by atoms with E-state index in [2.05, 4.69) is 24.1 Å². The van der Waals surface area contributed by atoms with Gasteiger partial charge < -0.3 is 15.0 Å². The van der Waals surface area contributed by atoms with Crippen molar-refractivity contribution in [3.63, 3.8) is 0 Å². The maximum absolute atomic E-state index is 5.30. The third-order valence-corrected chi connectivity index (χ3v) is 3.21. The summed E-state index contributed by atoms with van der Waals surface area (Å²) in [6.07, 6.45) is 3.80. The van der Waals surface area contributed by atoms with Crippen LogP contribution < -0.4 is 5.32 Å². The monoisotopic (exact) mass is 228 g/mol. The van der Waals surface area contributed by atoms with E-state index in [9.17, 15) is 0 Å². The average molecular weight is 228 g/mol. The summed E-state index contributed by atoms with van der Waals surface area (Å²) in [5, 5.41) is 3.51. The maximum Gasteiger partial charge on any atom is 0.0466 e. The number of ether oxygens (including phenoxy) is 1. The summed E-state index contributed by atoms with van der Waals surface area (Å²) in [6, 6.07) is 0. The van der Waals surface area contributed by atoms with Crippen molar-refractivity contribution in [2.75, 3.05) is 45.9 Å². The van der Waals surface area contributed by atoms with Gasteiger partial charge in [0.05, 0.1) is 0 Å². The molecule has 1 unspecified atom stereocenters. The van der Waals surface area contributed by atoms with Crippen LogP contribution in [0.3, 0.4) is 0 Å². The van der Waals surface area contributed by atoms with Gasteiger partial charge >= 0.3 is 0 Å². The number of hydrogen-bond donors (Lipinski definition) is 1. The number of nitrogens with one attached hydrogen (secondary N) is 1. The molecule has 1 heterocycles. The van der Waals surface area contributed by atoms with Crippen LogP contribution in [0.25, 0.3) is 0 Å². The van der Waals surface area contributed by atoms with Gasteiger partial charge in [-0.25, -0.2) is 0 Å². The van der Waals surface area contributed by atoms with Crippen LogP contribution in [-0.2, 0) is 4.74 Å². The van der Waals surface area contributed by atoms with Crippen LogP contribution in [0, 0.1) is 5.92 Å². The molecule has 0 bridgehead atoms. The van der Waals surface area contributed by atoms with Gasteiger partial charge in [-0.1, -0.05) is 6.92 Å². The number of unbranched alkanes of at least 4 members (excludes halogenated alkanes) is 1. The van der Waals surface area contributed by atoms with E-state index in [0.29, 0.717) is 0 Å². The highest BCUT2D eigenvalue weighted by Gasteiger charge is 2.17. The van der Waals surface area contributed by atoms with Crippen LogP contribution >= 0.6 is 0 Å². The molecule has 1 saturated heterocycles. The van der Waals surface area contributed by atoms with E-state index in [0.717, 1.165) is 32.2 Å². The molecule has 0 aromatic carbocycles. The average Bonchev–Trinajstić information content (AvgIpc) is 2.68. The van der Waals surface area contributed by atoms with E-state index >= 15 is 0 Å². The molecule has 1 aliphatic rings. The fourth-order valence-corrected chi connectivity index (χ4v) is 2.19. The Kier molecular flexibility index (Phi) is 7.81. The summed E-state index contributed by atoms with van der Waals surface area (Å²) in [5.74, 6) is 0.909. The molecule has 1 rings (SSSR count). The third-order valence-electron chi connectivity index (χ3n) is 3.21. The van der Waals surface area contributed by atoms with Gasteiger partial charge in [0.15, 0.2) is 0 Å². The number of nitrogens with zero attached hydrogens (tertiary/aromatic N) is 1. The SMILES string of the molecule is CCOCCCCNCCN1CCC(C)C1. The van der Waals surface area contributed by atoms with Crippen LogP contribution in [0.1, 0.15) is 33.1 Å². The summed E-state index contributed by atoms with van der Waals surface area (Å²) in [7, 11) is 0. The van der Waals surface area contributed by atoms with E-state index in [4.69, 9.17) is 4.74 Å². The molecule has 3 nitrogen and oxygen atoms in total. The molecule has 0 saturated carbocycles. The van der Waals surface area contributed by atoms with Crippen LogP contribution in [0.15, 0.2) is 0 Å². The van der Waals surface area contributed by atoms with Gasteiger partial charge in [0, 0.05) is 32.8 Å². The summed E-state index contributed by atoms with van der Waals surface area (Å²) in [6.45, 7) is 12.3. The Balaban J connectivity index is 1.78. The van der Waals surface area contributed by atoms with Crippen molar-refractivity contribution < 1.29 is 4.74 Å². The zero-order valence-electron chi connectivity index (χ0n) is 11.0. The Hall–Kier alpha value is -0.120. The van der Waals surface area contributed by atoms with Gasteiger partial charge in [0.1, 0.15) is 0 Å². The second-order valence-electron chi connectivity index (χ2n) is 4.85. The standard InChI is InChI=1S/C13H28N2O/c1-3-16-11-5-4-7-14-8-10-15-9-6-13(2)12-15/h13-14H,3-12H2,1-2H3. The topological polar surface area (TPSA) is 24.5 Å². The lowest BCUT2D eigenvalue weighted by atomic mass is 10.2. The first kappa shape index (κ1) is 13.9. The zero-order chi connectivity index (χ0) is 11.6. The molecule has 16 heavy (non-hydrogen) atoms.